The number of hydrogen-bond donors (Lipinski definition) is 0. The lowest BCUT2D eigenvalue weighted by Gasteiger charge is -2.40. The highest BCUT2D eigenvalue weighted by Crippen LogP contribution is 2.54. The average molecular weight is 439 g/mol. The van der Waals surface area contributed by atoms with Gasteiger partial charge in [-0.1, -0.05) is 65.8 Å². The van der Waals surface area contributed by atoms with Gasteiger partial charge in [-0.2, -0.15) is 0 Å². The maximum absolute atomic E-state index is 12.0. The van der Waals surface area contributed by atoms with E-state index in [2.05, 4.69) is 59.7 Å². The predicted octanol–water partition coefficient (Wildman–Crippen LogP) is 6.63. The summed E-state index contributed by atoms with van der Waals surface area (Å²) in [6.45, 7) is 16.4. The van der Waals surface area contributed by atoms with Gasteiger partial charge in [0.2, 0.25) is 0 Å². The minimum absolute atomic E-state index is 0.187. The van der Waals surface area contributed by atoms with Gasteiger partial charge >= 0.3 is 5.97 Å². The number of rotatable bonds is 7. The first-order chi connectivity index (χ1) is 15.0. The molecule has 2 aromatic carbocycles. The molecule has 0 N–H and O–H groups in total. The zero-order chi connectivity index (χ0) is 23.5. The Morgan fingerprint density at radius 2 is 1.66 bits per heavy atom. The zero-order valence-corrected chi connectivity index (χ0v) is 20.6. The fourth-order valence-electron chi connectivity index (χ4n) is 4.82. The molecule has 4 heteroatoms. The first-order valence-corrected chi connectivity index (χ1v) is 11.6. The number of fused-ring (bicyclic) bond motifs is 1. The summed E-state index contributed by atoms with van der Waals surface area (Å²) in [6, 6.07) is 15.4. The minimum Gasteiger partial charge on any atom is -0.465 e. The molecule has 0 amide bonds. The normalized spacial score (nSPS) is 19.3. The van der Waals surface area contributed by atoms with Crippen LogP contribution in [0.4, 0.5) is 0 Å². The van der Waals surface area contributed by atoms with E-state index in [1.165, 1.54) is 11.1 Å². The summed E-state index contributed by atoms with van der Waals surface area (Å²) in [5, 5.41) is 0. The Kier molecular flexibility index (Phi) is 7.34. The van der Waals surface area contributed by atoms with Crippen molar-refractivity contribution < 1.29 is 19.0 Å². The third-order valence-corrected chi connectivity index (χ3v) is 6.32. The molecule has 4 nitrogen and oxygen atoms in total. The number of esters is 1. The number of ether oxygens (including phenoxy) is 3. The van der Waals surface area contributed by atoms with Gasteiger partial charge in [-0.3, -0.25) is 0 Å². The fraction of sp³-hybridized carbons (Fsp3) is 0.536. The standard InChI is InChI=1S/C28H38O4/c1-19(30-15-16-31-26(29)20-11-9-8-10-12-20)32-22-13-14-23-21(17-22)18-24(27(2,3)4)25(23)28(5,6)7/h8-14,17,19,24-25H,15-16,18H2,1-7H3. The molecular formula is C28H38O4. The van der Waals surface area contributed by atoms with Gasteiger partial charge in [-0.15, -0.1) is 0 Å². The Bertz CT molecular complexity index is 905. The molecule has 0 aliphatic heterocycles. The largest absolute Gasteiger partial charge is 0.465 e. The molecule has 0 bridgehead atoms. The predicted molar refractivity (Wildman–Crippen MR) is 128 cm³/mol. The third kappa shape index (κ3) is 5.92. The lowest BCUT2D eigenvalue weighted by atomic mass is 9.65. The van der Waals surface area contributed by atoms with E-state index in [9.17, 15) is 4.79 Å². The second-order valence-corrected chi connectivity index (χ2v) is 10.9. The molecule has 0 heterocycles. The smallest absolute Gasteiger partial charge is 0.338 e. The summed E-state index contributed by atoms with van der Waals surface area (Å²) in [4.78, 5) is 12.0. The average Bonchev–Trinajstić information content (AvgIpc) is 3.11. The molecule has 0 saturated heterocycles. The van der Waals surface area contributed by atoms with Crippen LogP contribution < -0.4 is 4.74 Å². The third-order valence-electron chi connectivity index (χ3n) is 6.32. The fourth-order valence-corrected chi connectivity index (χ4v) is 4.82. The maximum Gasteiger partial charge on any atom is 0.338 e. The molecule has 1 aliphatic carbocycles. The van der Waals surface area contributed by atoms with Crippen molar-refractivity contribution in [3.05, 3.63) is 65.2 Å². The number of carbonyl (C=O) groups is 1. The van der Waals surface area contributed by atoms with Crippen LogP contribution in [0.2, 0.25) is 0 Å². The Hall–Kier alpha value is -2.33. The Morgan fingerprint density at radius 1 is 0.969 bits per heavy atom. The van der Waals surface area contributed by atoms with Crippen molar-refractivity contribution in [1.82, 2.24) is 0 Å². The summed E-state index contributed by atoms with van der Waals surface area (Å²) in [5.41, 5.74) is 3.82. The number of carbonyl (C=O) groups excluding carboxylic acids is 1. The van der Waals surface area contributed by atoms with Crippen molar-refractivity contribution in [1.29, 1.82) is 0 Å². The lowest BCUT2D eigenvalue weighted by Crippen LogP contribution is -2.31. The SMILES string of the molecule is CC(OCCOC(=O)c1ccccc1)Oc1ccc2c(c1)CC(C(C)(C)C)C2C(C)(C)C. The van der Waals surface area contributed by atoms with E-state index in [1.54, 1.807) is 12.1 Å². The number of hydrogen-bond acceptors (Lipinski definition) is 4. The Morgan fingerprint density at radius 3 is 2.28 bits per heavy atom. The maximum atomic E-state index is 12.0. The monoisotopic (exact) mass is 438 g/mol. The summed E-state index contributed by atoms with van der Waals surface area (Å²) < 4.78 is 17.0. The van der Waals surface area contributed by atoms with Gasteiger partial charge in [0.1, 0.15) is 12.4 Å². The molecule has 0 radical (unpaired) electrons. The molecule has 0 spiro atoms. The first kappa shape index (κ1) is 24.3. The summed E-state index contributed by atoms with van der Waals surface area (Å²) in [6.07, 6.45) is 0.643. The van der Waals surface area contributed by atoms with Crippen LogP contribution in [0.25, 0.3) is 0 Å². The molecule has 3 unspecified atom stereocenters. The van der Waals surface area contributed by atoms with Gasteiger partial charge in [0.15, 0.2) is 6.29 Å². The quantitative estimate of drug-likeness (QED) is 0.276. The van der Waals surface area contributed by atoms with E-state index >= 15 is 0 Å². The van der Waals surface area contributed by atoms with E-state index in [1.807, 2.05) is 25.1 Å². The van der Waals surface area contributed by atoms with Gasteiger partial charge in [-0.05, 0) is 71.4 Å². The Labute approximate surface area is 193 Å². The molecule has 2 aromatic rings. The van der Waals surface area contributed by atoms with Crippen LogP contribution in [-0.2, 0) is 15.9 Å². The summed E-state index contributed by atoms with van der Waals surface area (Å²) in [7, 11) is 0. The molecular weight excluding hydrogens is 400 g/mol. The molecule has 32 heavy (non-hydrogen) atoms. The lowest BCUT2D eigenvalue weighted by molar-refractivity contribution is -0.0784. The molecule has 0 saturated carbocycles. The van der Waals surface area contributed by atoms with Crippen LogP contribution in [0.5, 0.6) is 5.75 Å². The van der Waals surface area contributed by atoms with E-state index in [0.29, 0.717) is 17.4 Å². The van der Waals surface area contributed by atoms with Crippen LogP contribution >= 0.6 is 0 Å². The topological polar surface area (TPSA) is 44.8 Å². The van der Waals surface area contributed by atoms with Crippen LogP contribution in [0.15, 0.2) is 48.5 Å². The van der Waals surface area contributed by atoms with E-state index in [-0.39, 0.29) is 30.0 Å². The zero-order valence-electron chi connectivity index (χ0n) is 20.6. The highest BCUT2D eigenvalue weighted by molar-refractivity contribution is 5.89. The van der Waals surface area contributed by atoms with Gasteiger partial charge in [0.05, 0.1) is 12.2 Å². The molecule has 174 valence electrons. The van der Waals surface area contributed by atoms with E-state index in [4.69, 9.17) is 14.2 Å². The summed E-state index contributed by atoms with van der Waals surface area (Å²) >= 11 is 0. The molecule has 0 fully saturated rings. The second-order valence-electron chi connectivity index (χ2n) is 10.9. The molecule has 3 rings (SSSR count). The van der Waals surface area contributed by atoms with Crippen molar-refractivity contribution >= 4 is 5.97 Å². The van der Waals surface area contributed by atoms with Crippen molar-refractivity contribution in [2.75, 3.05) is 13.2 Å². The Balaban J connectivity index is 1.55. The number of benzene rings is 2. The van der Waals surface area contributed by atoms with Gasteiger partial charge in [0.25, 0.3) is 0 Å². The van der Waals surface area contributed by atoms with Crippen molar-refractivity contribution in [2.24, 2.45) is 16.7 Å². The van der Waals surface area contributed by atoms with E-state index in [0.717, 1.165) is 12.2 Å². The second kappa shape index (κ2) is 9.66. The van der Waals surface area contributed by atoms with Gasteiger partial charge in [0, 0.05) is 0 Å². The van der Waals surface area contributed by atoms with Crippen molar-refractivity contribution in [3.63, 3.8) is 0 Å². The highest BCUT2D eigenvalue weighted by Gasteiger charge is 2.44. The minimum atomic E-state index is -0.429. The van der Waals surface area contributed by atoms with E-state index < -0.39 is 6.29 Å². The van der Waals surface area contributed by atoms with Crippen LogP contribution in [0.1, 0.15) is 75.9 Å². The summed E-state index contributed by atoms with van der Waals surface area (Å²) in [5.74, 6) is 1.60. The van der Waals surface area contributed by atoms with Crippen LogP contribution in [-0.4, -0.2) is 25.5 Å². The van der Waals surface area contributed by atoms with Crippen LogP contribution in [0, 0.1) is 16.7 Å². The molecule has 3 atom stereocenters. The molecule has 1 aliphatic rings. The molecule has 0 aromatic heterocycles. The first-order valence-electron chi connectivity index (χ1n) is 11.6. The van der Waals surface area contributed by atoms with Crippen molar-refractivity contribution in [3.8, 4) is 5.75 Å². The van der Waals surface area contributed by atoms with Gasteiger partial charge < -0.3 is 14.2 Å². The van der Waals surface area contributed by atoms with Gasteiger partial charge in [-0.25, -0.2) is 4.79 Å². The highest BCUT2D eigenvalue weighted by atomic mass is 16.7. The van der Waals surface area contributed by atoms with Crippen molar-refractivity contribution in [2.45, 2.75) is 67.1 Å². The van der Waals surface area contributed by atoms with Crippen LogP contribution in [0.3, 0.4) is 0 Å².